The zero-order valence-corrected chi connectivity index (χ0v) is 11.4. The lowest BCUT2D eigenvalue weighted by molar-refractivity contribution is 0.102. The van der Waals surface area contributed by atoms with Crippen molar-refractivity contribution in [1.29, 1.82) is 0 Å². The molecule has 0 saturated carbocycles. The third-order valence-electron chi connectivity index (χ3n) is 2.72. The van der Waals surface area contributed by atoms with Crippen molar-refractivity contribution in [1.82, 2.24) is 0 Å². The van der Waals surface area contributed by atoms with Gasteiger partial charge in [0.2, 0.25) is 0 Å². The second-order valence-corrected chi connectivity index (χ2v) is 6.51. The Labute approximate surface area is 112 Å². The second kappa shape index (κ2) is 5.52. The van der Waals surface area contributed by atoms with Crippen molar-refractivity contribution in [2.75, 3.05) is 24.7 Å². The number of Topliss-reactive ketones (excluding diaryl/α,β-unsaturated/α-hetero) is 1. The molecule has 102 valence electrons. The summed E-state index contributed by atoms with van der Waals surface area (Å²) in [5, 5.41) is 0. The Morgan fingerprint density at radius 3 is 2.58 bits per heavy atom. The predicted octanol–water partition coefficient (Wildman–Crippen LogP) is 1.02. The largest absolute Gasteiger partial charge is 0.478 e. The highest BCUT2D eigenvalue weighted by Crippen LogP contribution is 2.07. The number of carbonyl (C=O) groups excluding carboxylic acids is 1. The summed E-state index contributed by atoms with van der Waals surface area (Å²) in [5.74, 6) is -1.02. The second-order valence-electron chi connectivity index (χ2n) is 4.45. The van der Waals surface area contributed by atoms with Gasteiger partial charge in [0, 0.05) is 5.56 Å². The van der Waals surface area contributed by atoms with Crippen LogP contribution in [-0.2, 0) is 14.6 Å². The van der Waals surface area contributed by atoms with Gasteiger partial charge in [-0.15, -0.1) is 0 Å². The molecule has 6 heteroatoms. The average molecular weight is 281 g/mol. The SMILES string of the molecule is Cc1ccc(C(=O)CS(=O)(=O)CC2=NCCO2)cc1. The number of aryl methyl sites for hydroxylation is 1. The van der Waals surface area contributed by atoms with Gasteiger partial charge in [-0.25, -0.2) is 8.42 Å². The van der Waals surface area contributed by atoms with Gasteiger partial charge in [-0.3, -0.25) is 9.79 Å². The first-order chi connectivity index (χ1) is 8.96. The average Bonchev–Trinajstić information content (AvgIpc) is 2.81. The van der Waals surface area contributed by atoms with Crippen LogP contribution in [0.1, 0.15) is 15.9 Å². The molecule has 5 nitrogen and oxygen atoms in total. The number of carbonyl (C=O) groups is 1. The molecule has 0 fully saturated rings. The first-order valence-electron chi connectivity index (χ1n) is 5.93. The number of nitrogens with zero attached hydrogens (tertiary/aromatic N) is 1. The normalized spacial score (nSPS) is 14.9. The number of rotatable bonds is 5. The fraction of sp³-hybridized carbons (Fsp3) is 0.385. The van der Waals surface area contributed by atoms with E-state index in [4.69, 9.17) is 4.74 Å². The van der Waals surface area contributed by atoms with Crippen molar-refractivity contribution in [3.63, 3.8) is 0 Å². The number of benzene rings is 1. The number of hydrogen-bond acceptors (Lipinski definition) is 5. The van der Waals surface area contributed by atoms with E-state index < -0.39 is 21.4 Å². The highest BCUT2D eigenvalue weighted by atomic mass is 32.2. The molecule has 0 bridgehead atoms. The van der Waals surface area contributed by atoms with E-state index in [9.17, 15) is 13.2 Å². The molecule has 1 aliphatic heterocycles. The third-order valence-corrected chi connectivity index (χ3v) is 4.10. The molecule has 19 heavy (non-hydrogen) atoms. The standard InChI is InChI=1S/C13H15NO4S/c1-10-2-4-11(5-3-10)12(15)8-19(16,17)9-13-14-6-7-18-13/h2-5H,6-9H2,1H3. The zero-order valence-electron chi connectivity index (χ0n) is 10.6. The number of ketones is 1. The molecule has 0 N–H and O–H groups in total. The summed E-state index contributed by atoms with van der Waals surface area (Å²) in [5.41, 5.74) is 1.43. The number of aliphatic imine (C=N–C) groups is 1. The summed E-state index contributed by atoms with van der Waals surface area (Å²) in [7, 11) is -3.53. The number of sulfone groups is 1. The van der Waals surface area contributed by atoms with Gasteiger partial charge in [0.1, 0.15) is 18.1 Å². The third kappa shape index (κ3) is 3.89. The summed E-state index contributed by atoms with van der Waals surface area (Å²) in [6.45, 7) is 2.80. The van der Waals surface area contributed by atoms with E-state index in [-0.39, 0.29) is 11.7 Å². The van der Waals surface area contributed by atoms with E-state index in [1.54, 1.807) is 24.3 Å². The molecule has 0 unspecified atom stereocenters. The predicted molar refractivity (Wildman–Crippen MR) is 72.4 cm³/mol. The van der Waals surface area contributed by atoms with Crippen molar-refractivity contribution in [3.8, 4) is 0 Å². The van der Waals surface area contributed by atoms with Crippen LogP contribution in [0.5, 0.6) is 0 Å². The van der Waals surface area contributed by atoms with Crippen LogP contribution in [0.3, 0.4) is 0 Å². The topological polar surface area (TPSA) is 72.8 Å². The maximum atomic E-state index is 11.9. The molecule has 0 radical (unpaired) electrons. The van der Waals surface area contributed by atoms with Gasteiger partial charge >= 0.3 is 0 Å². The lowest BCUT2D eigenvalue weighted by atomic mass is 10.1. The van der Waals surface area contributed by atoms with Crippen molar-refractivity contribution < 1.29 is 17.9 Å². The first-order valence-corrected chi connectivity index (χ1v) is 7.75. The molecule has 1 aromatic rings. The molecule has 0 aliphatic carbocycles. The Morgan fingerprint density at radius 2 is 2.00 bits per heavy atom. The number of ether oxygens (including phenoxy) is 1. The molecule has 0 saturated heterocycles. The minimum absolute atomic E-state index is 0.205. The lowest BCUT2D eigenvalue weighted by Crippen LogP contribution is -2.24. The highest BCUT2D eigenvalue weighted by molar-refractivity contribution is 7.92. The van der Waals surface area contributed by atoms with Crippen LogP contribution >= 0.6 is 0 Å². The summed E-state index contributed by atoms with van der Waals surface area (Å²) in [6.07, 6.45) is 0. The Bertz CT molecular complexity index is 602. The van der Waals surface area contributed by atoms with Gasteiger partial charge in [-0.1, -0.05) is 29.8 Å². The van der Waals surface area contributed by atoms with Crippen molar-refractivity contribution in [2.24, 2.45) is 4.99 Å². The van der Waals surface area contributed by atoms with Crippen LogP contribution in [0.15, 0.2) is 29.3 Å². The van der Waals surface area contributed by atoms with Crippen LogP contribution in [0, 0.1) is 6.92 Å². The molecular formula is C13H15NO4S. The minimum Gasteiger partial charge on any atom is -0.478 e. The monoisotopic (exact) mass is 281 g/mol. The van der Waals surface area contributed by atoms with Gasteiger partial charge in [0.15, 0.2) is 21.5 Å². The zero-order chi connectivity index (χ0) is 13.9. The lowest BCUT2D eigenvalue weighted by Gasteiger charge is -2.04. The molecule has 1 aromatic carbocycles. The minimum atomic E-state index is -3.53. The van der Waals surface area contributed by atoms with Crippen LogP contribution in [-0.4, -0.2) is 44.8 Å². The molecule has 2 rings (SSSR count). The van der Waals surface area contributed by atoms with Gasteiger partial charge in [0.25, 0.3) is 0 Å². The van der Waals surface area contributed by atoms with Crippen LogP contribution in [0.25, 0.3) is 0 Å². The first kappa shape index (κ1) is 13.7. The van der Waals surface area contributed by atoms with Gasteiger partial charge in [0.05, 0.1) is 6.54 Å². The summed E-state index contributed by atoms with van der Waals surface area (Å²) in [4.78, 5) is 15.8. The molecule has 0 spiro atoms. The summed E-state index contributed by atoms with van der Waals surface area (Å²) >= 11 is 0. The molecule has 1 aliphatic rings. The quantitative estimate of drug-likeness (QED) is 0.755. The summed E-state index contributed by atoms with van der Waals surface area (Å²) < 4.78 is 28.8. The van der Waals surface area contributed by atoms with Gasteiger partial charge in [-0.2, -0.15) is 0 Å². The van der Waals surface area contributed by atoms with E-state index in [0.29, 0.717) is 18.7 Å². The maximum Gasteiger partial charge on any atom is 0.198 e. The summed E-state index contributed by atoms with van der Waals surface area (Å²) in [6, 6.07) is 6.83. The molecule has 0 aromatic heterocycles. The van der Waals surface area contributed by atoms with Crippen molar-refractivity contribution in [3.05, 3.63) is 35.4 Å². The van der Waals surface area contributed by atoms with Crippen molar-refractivity contribution in [2.45, 2.75) is 6.92 Å². The van der Waals surface area contributed by atoms with E-state index >= 15 is 0 Å². The Kier molecular flexibility index (Phi) is 3.99. The van der Waals surface area contributed by atoms with E-state index in [0.717, 1.165) is 5.56 Å². The van der Waals surface area contributed by atoms with Crippen LogP contribution < -0.4 is 0 Å². The Hall–Kier alpha value is -1.69. The molecule has 1 heterocycles. The smallest absolute Gasteiger partial charge is 0.198 e. The number of hydrogen-bond donors (Lipinski definition) is 0. The fourth-order valence-electron chi connectivity index (χ4n) is 1.73. The van der Waals surface area contributed by atoms with E-state index in [1.165, 1.54) is 0 Å². The van der Waals surface area contributed by atoms with Crippen LogP contribution in [0.2, 0.25) is 0 Å². The fourth-order valence-corrected chi connectivity index (χ4v) is 2.95. The highest BCUT2D eigenvalue weighted by Gasteiger charge is 2.22. The Balaban J connectivity index is 2.03. The van der Waals surface area contributed by atoms with E-state index in [2.05, 4.69) is 4.99 Å². The van der Waals surface area contributed by atoms with Crippen molar-refractivity contribution >= 4 is 21.5 Å². The van der Waals surface area contributed by atoms with E-state index in [1.807, 2.05) is 6.92 Å². The molecular weight excluding hydrogens is 266 g/mol. The maximum absolute atomic E-state index is 11.9. The van der Waals surface area contributed by atoms with Crippen LogP contribution in [0.4, 0.5) is 0 Å². The van der Waals surface area contributed by atoms with Gasteiger partial charge in [-0.05, 0) is 6.92 Å². The molecule has 0 amide bonds. The molecule has 0 atom stereocenters. The van der Waals surface area contributed by atoms with Gasteiger partial charge < -0.3 is 4.74 Å². The Morgan fingerprint density at radius 1 is 1.32 bits per heavy atom.